The van der Waals surface area contributed by atoms with E-state index in [1.165, 1.54) is 16.4 Å². The number of hydrogen-bond acceptors (Lipinski definition) is 4. The van der Waals surface area contributed by atoms with Gasteiger partial charge in [-0.15, -0.1) is 0 Å². The van der Waals surface area contributed by atoms with Gasteiger partial charge in [-0.05, 0) is 55.5 Å². The molecule has 1 amide bonds. The summed E-state index contributed by atoms with van der Waals surface area (Å²) in [4.78, 5) is 19.3. The fourth-order valence-electron chi connectivity index (χ4n) is 4.35. The lowest BCUT2D eigenvalue weighted by molar-refractivity contribution is 0.0735. The van der Waals surface area contributed by atoms with Crippen LogP contribution in [0.1, 0.15) is 60.5 Å². The molecule has 3 heterocycles. The molecule has 1 aromatic carbocycles. The van der Waals surface area contributed by atoms with Crippen LogP contribution in [-0.4, -0.2) is 48.1 Å². The van der Waals surface area contributed by atoms with E-state index in [1.54, 1.807) is 18.5 Å². The molecule has 1 aromatic heterocycles. The number of likely N-dealkylation sites (tertiary alicyclic amines) is 1. The Morgan fingerprint density at radius 1 is 1.03 bits per heavy atom. The predicted molar refractivity (Wildman–Crippen MR) is 116 cm³/mol. The average Bonchev–Trinajstić information content (AvgIpc) is 3.08. The molecule has 2 fully saturated rings. The largest absolute Gasteiger partial charge is 0.332 e. The van der Waals surface area contributed by atoms with Crippen LogP contribution in [0.25, 0.3) is 0 Å². The number of nitrogens with zero attached hydrogens (tertiary/aromatic N) is 3. The van der Waals surface area contributed by atoms with Gasteiger partial charge in [-0.3, -0.25) is 9.78 Å². The molecule has 30 heavy (non-hydrogen) atoms. The van der Waals surface area contributed by atoms with Gasteiger partial charge in [0.2, 0.25) is 10.0 Å². The maximum atomic E-state index is 13.3. The van der Waals surface area contributed by atoms with Gasteiger partial charge in [0.25, 0.3) is 5.91 Å². The van der Waals surface area contributed by atoms with Crippen LogP contribution >= 0.6 is 11.6 Å². The van der Waals surface area contributed by atoms with Gasteiger partial charge in [0.15, 0.2) is 0 Å². The minimum absolute atomic E-state index is 0.0223. The Morgan fingerprint density at radius 2 is 1.80 bits per heavy atom. The van der Waals surface area contributed by atoms with Gasteiger partial charge in [-0.2, -0.15) is 4.31 Å². The third-order valence-electron chi connectivity index (χ3n) is 5.94. The predicted octanol–water partition coefficient (Wildman–Crippen LogP) is 4.28. The third-order valence-corrected chi connectivity index (χ3v) is 8.32. The number of halogens is 1. The van der Waals surface area contributed by atoms with Crippen LogP contribution in [0.15, 0.2) is 47.6 Å². The van der Waals surface area contributed by atoms with Crippen LogP contribution in [0, 0.1) is 0 Å². The third kappa shape index (κ3) is 4.24. The van der Waals surface area contributed by atoms with Crippen molar-refractivity contribution in [3.05, 3.63) is 58.9 Å². The van der Waals surface area contributed by atoms with Gasteiger partial charge in [-0.1, -0.05) is 30.5 Å². The highest BCUT2D eigenvalue weighted by Crippen LogP contribution is 2.34. The van der Waals surface area contributed by atoms with Crippen LogP contribution in [0.2, 0.25) is 5.02 Å². The molecule has 0 aliphatic carbocycles. The summed E-state index contributed by atoms with van der Waals surface area (Å²) in [6, 6.07) is 8.38. The molecule has 1 atom stereocenters. The number of sulfonamides is 1. The quantitative estimate of drug-likeness (QED) is 0.701. The summed E-state index contributed by atoms with van der Waals surface area (Å²) in [7, 11) is -3.74. The fourth-order valence-corrected chi connectivity index (χ4v) is 6.37. The molecule has 2 aromatic rings. The van der Waals surface area contributed by atoms with Gasteiger partial charge in [0.1, 0.15) is 4.90 Å². The second kappa shape index (κ2) is 9.04. The van der Waals surface area contributed by atoms with E-state index in [0.29, 0.717) is 25.2 Å². The number of benzene rings is 1. The Hall–Kier alpha value is -1.96. The molecular formula is C22H26ClN3O3S. The first kappa shape index (κ1) is 21.3. The molecule has 2 aliphatic rings. The lowest BCUT2D eigenvalue weighted by Gasteiger charge is -2.26. The molecule has 0 unspecified atom stereocenters. The molecule has 6 nitrogen and oxygen atoms in total. The van der Waals surface area contributed by atoms with E-state index in [0.717, 1.165) is 44.1 Å². The van der Waals surface area contributed by atoms with Crippen LogP contribution in [0.3, 0.4) is 0 Å². The molecule has 2 saturated heterocycles. The van der Waals surface area contributed by atoms with E-state index in [1.807, 2.05) is 17.0 Å². The summed E-state index contributed by atoms with van der Waals surface area (Å²) < 4.78 is 28.0. The summed E-state index contributed by atoms with van der Waals surface area (Å²) in [5.41, 5.74) is 1.35. The van der Waals surface area contributed by atoms with Gasteiger partial charge >= 0.3 is 0 Å². The van der Waals surface area contributed by atoms with Gasteiger partial charge in [0.05, 0.1) is 11.1 Å². The van der Waals surface area contributed by atoms with E-state index in [4.69, 9.17) is 11.6 Å². The minimum atomic E-state index is -3.74. The minimum Gasteiger partial charge on any atom is -0.332 e. The smallest absolute Gasteiger partial charge is 0.254 e. The monoisotopic (exact) mass is 447 g/mol. The Morgan fingerprint density at radius 3 is 2.50 bits per heavy atom. The lowest BCUT2D eigenvalue weighted by atomic mass is 10.1. The second-order valence-corrected chi connectivity index (χ2v) is 10.2. The molecule has 0 spiro atoms. The lowest BCUT2D eigenvalue weighted by Crippen LogP contribution is -2.33. The second-order valence-electron chi connectivity index (χ2n) is 7.91. The normalized spacial score (nSPS) is 20.8. The van der Waals surface area contributed by atoms with E-state index in [2.05, 4.69) is 4.98 Å². The van der Waals surface area contributed by atoms with Crippen molar-refractivity contribution in [3.8, 4) is 0 Å². The van der Waals surface area contributed by atoms with E-state index < -0.39 is 10.0 Å². The topological polar surface area (TPSA) is 70.6 Å². The molecule has 8 heteroatoms. The zero-order valence-corrected chi connectivity index (χ0v) is 18.4. The Labute approximate surface area is 182 Å². The molecule has 0 N–H and O–H groups in total. The Balaban J connectivity index is 1.63. The Kier molecular flexibility index (Phi) is 6.41. The molecule has 0 radical (unpaired) electrons. The van der Waals surface area contributed by atoms with Gasteiger partial charge in [0, 0.05) is 37.6 Å². The van der Waals surface area contributed by atoms with Crippen molar-refractivity contribution in [2.75, 3.05) is 19.6 Å². The summed E-state index contributed by atoms with van der Waals surface area (Å²) in [6.07, 6.45) is 9.01. The van der Waals surface area contributed by atoms with Crippen LogP contribution < -0.4 is 0 Å². The van der Waals surface area contributed by atoms with E-state index in [9.17, 15) is 13.2 Å². The van der Waals surface area contributed by atoms with E-state index in [-0.39, 0.29) is 21.9 Å². The number of carbonyl (C=O) groups excluding carboxylic acids is 1. The van der Waals surface area contributed by atoms with Crippen LogP contribution in [0.5, 0.6) is 0 Å². The molecule has 0 saturated carbocycles. The highest BCUT2D eigenvalue weighted by atomic mass is 35.5. The maximum absolute atomic E-state index is 13.3. The maximum Gasteiger partial charge on any atom is 0.254 e. The SMILES string of the molecule is O=C(c1ccc(Cl)c(S(=O)(=O)N2CCCCCC2)c1)N1CCC[C@@H]1c1cccnc1. The van der Waals surface area contributed by atoms with Crippen molar-refractivity contribution < 1.29 is 13.2 Å². The number of hydrogen-bond donors (Lipinski definition) is 0. The fraction of sp³-hybridized carbons (Fsp3) is 0.455. The van der Waals surface area contributed by atoms with Crippen molar-refractivity contribution >= 4 is 27.5 Å². The van der Waals surface area contributed by atoms with Crippen molar-refractivity contribution in [2.45, 2.75) is 49.5 Å². The standard InChI is InChI=1S/C22H26ClN3O3S/c23-19-10-9-17(15-21(19)30(28,29)25-12-3-1-2-4-13-25)22(27)26-14-6-8-20(26)18-7-5-11-24-16-18/h5,7,9-11,15-16,20H,1-4,6,8,12-14H2/t20-/m1/s1. The Bertz CT molecular complexity index is 1010. The van der Waals surface area contributed by atoms with Crippen molar-refractivity contribution in [2.24, 2.45) is 0 Å². The first-order valence-electron chi connectivity index (χ1n) is 10.5. The molecule has 160 valence electrons. The van der Waals surface area contributed by atoms with Crippen LogP contribution in [-0.2, 0) is 10.0 Å². The number of amides is 1. The first-order valence-corrected chi connectivity index (χ1v) is 12.3. The highest BCUT2D eigenvalue weighted by Gasteiger charge is 2.33. The van der Waals surface area contributed by atoms with Crippen molar-refractivity contribution in [1.82, 2.24) is 14.2 Å². The summed E-state index contributed by atoms with van der Waals surface area (Å²) in [6.45, 7) is 1.62. The number of pyridine rings is 1. The average molecular weight is 448 g/mol. The van der Waals surface area contributed by atoms with Crippen molar-refractivity contribution in [3.63, 3.8) is 0 Å². The zero-order valence-electron chi connectivity index (χ0n) is 16.8. The molecule has 4 rings (SSSR count). The zero-order chi connectivity index (χ0) is 21.1. The summed E-state index contributed by atoms with van der Waals surface area (Å²) >= 11 is 6.29. The summed E-state index contributed by atoms with van der Waals surface area (Å²) in [5.74, 6) is -0.176. The molecular weight excluding hydrogens is 422 g/mol. The van der Waals surface area contributed by atoms with Crippen molar-refractivity contribution in [1.29, 1.82) is 0 Å². The van der Waals surface area contributed by atoms with E-state index >= 15 is 0 Å². The van der Waals surface area contributed by atoms with Gasteiger partial charge < -0.3 is 4.90 Å². The number of rotatable bonds is 4. The first-order chi connectivity index (χ1) is 14.5. The van der Waals surface area contributed by atoms with Gasteiger partial charge in [-0.25, -0.2) is 8.42 Å². The number of aromatic nitrogens is 1. The molecule has 0 bridgehead atoms. The highest BCUT2D eigenvalue weighted by molar-refractivity contribution is 7.89. The van der Waals surface area contributed by atoms with Crippen LogP contribution in [0.4, 0.5) is 0 Å². The summed E-state index contributed by atoms with van der Waals surface area (Å²) in [5, 5.41) is 0.154. The molecule has 2 aliphatic heterocycles. The number of carbonyl (C=O) groups is 1.